The number of aliphatic hydroxyl groups is 1. The quantitative estimate of drug-likeness (QED) is 0.927. The van der Waals surface area contributed by atoms with Crippen molar-refractivity contribution in [2.45, 2.75) is 50.4 Å². The molecule has 1 aromatic rings. The van der Waals surface area contributed by atoms with Crippen LogP contribution in [0.5, 0.6) is 5.75 Å². The number of nitrogens with zero attached hydrogens (tertiary/aromatic N) is 1. The summed E-state index contributed by atoms with van der Waals surface area (Å²) in [4.78, 5) is 15.0. The maximum absolute atomic E-state index is 13.2. The summed E-state index contributed by atoms with van der Waals surface area (Å²) in [6.07, 6.45) is 2.56. The van der Waals surface area contributed by atoms with E-state index >= 15 is 0 Å². The lowest BCUT2D eigenvalue weighted by atomic mass is 9.79. The topological polar surface area (TPSA) is 59.0 Å². The number of hydrogen-bond donors (Lipinski definition) is 1. The van der Waals surface area contributed by atoms with Crippen molar-refractivity contribution in [3.63, 3.8) is 0 Å². The number of hydrogen-bond acceptors (Lipinski definition) is 4. The molecule has 0 bridgehead atoms. The van der Waals surface area contributed by atoms with Gasteiger partial charge in [-0.25, -0.2) is 0 Å². The molecule has 0 radical (unpaired) electrons. The van der Waals surface area contributed by atoms with Crippen LogP contribution >= 0.6 is 0 Å². The minimum absolute atomic E-state index is 0.0297. The Morgan fingerprint density at radius 2 is 2.13 bits per heavy atom. The summed E-state index contributed by atoms with van der Waals surface area (Å²) in [6.45, 7) is 2.58. The molecule has 1 aromatic carbocycles. The van der Waals surface area contributed by atoms with Gasteiger partial charge < -0.3 is 19.5 Å². The monoisotopic (exact) mass is 319 g/mol. The Morgan fingerprint density at radius 3 is 2.83 bits per heavy atom. The molecule has 1 aliphatic heterocycles. The molecule has 23 heavy (non-hydrogen) atoms. The smallest absolute Gasteiger partial charge is 0.258 e. The van der Waals surface area contributed by atoms with Gasteiger partial charge in [0.15, 0.2) is 0 Å². The fraction of sp³-hybridized carbons (Fsp3) is 0.611. The van der Waals surface area contributed by atoms with Crippen molar-refractivity contribution in [2.75, 3.05) is 20.8 Å². The summed E-state index contributed by atoms with van der Waals surface area (Å²) in [5.41, 5.74) is 1.20. The molecule has 5 nitrogen and oxygen atoms in total. The maximum atomic E-state index is 13.2. The highest BCUT2D eigenvalue weighted by Gasteiger charge is 2.52. The maximum Gasteiger partial charge on any atom is 0.258 e. The molecule has 3 atom stereocenters. The van der Waals surface area contributed by atoms with Crippen molar-refractivity contribution in [1.29, 1.82) is 0 Å². The van der Waals surface area contributed by atoms with E-state index in [1.165, 1.54) is 0 Å². The summed E-state index contributed by atoms with van der Waals surface area (Å²) in [7, 11) is 3.30. The third-order valence-electron chi connectivity index (χ3n) is 5.49. The Hall–Kier alpha value is -1.59. The van der Waals surface area contributed by atoms with E-state index in [-0.39, 0.29) is 23.7 Å². The molecule has 126 valence electrons. The molecule has 1 saturated heterocycles. The third kappa shape index (κ3) is 2.62. The van der Waals surface area contributed by atoms with Crippen LogP contribution in [0.25, 0.3) is 0 Å². The number of benzene rings is 1. The Bertz CT molecular complexity index is 603. The van der Waals surface area contributed by atoms with Crippen LogP contribution in [0.4, 0.5) is 0 Å². The zero-order valence-electron chi connectivity index (χ0n) is 14.0. The van der Waals surface area contributed by atoms with Gasteiger partial charge in [-0.3, -0.25) is 4.79 Å². The van der Waals surface area contributed by atoms with Gasteiger partial charge in [0.25, 0.3) is 5.91 Å². The van der Waals surface area contributed by atoms with Gasteiger partial charge in [0.05, 0.1) is 30.4 Å². The van der Waals surface area contributed by atoms with Gasteiger partial charge in [0, 0.05) is 13.7 Å². The number of aryl methyl sites for hydroxylation is 1. The number of fused-ring (bicyclic) bond motifs is 1. The normalized spacial score (nSPS) is 30.2. The lowest BCUT2D eigenvalue weighted by Crippen LogP contribution is -2.52. The standard InChI is InChI=1S/C18H25NO4/c1-12-5-4-6-14(22-2)16(12)17(21)19-10-9-18(23-3)8-7-13(20)11-15(18)19/h4-6,13,15,20H,7-11H2,1-3H3/t13?,15?,18-/m1/s1. The van der Waals surface area contributed by atoms with Crippen molar-refractivity contribution < 1.29 is 19.4 Å². The van der Waals surface area contributed by atoms with Crippen LogP contribution in [0.2, 0.25) is 0 Å². The third-order valence-corrected chi connectivity index (χ3v) is 5.49. The number of amides is 1. The number of ether oxygens (including phenoxy) is 2. The Balaban J connectivity index is 1.94. The molecule has 1 heterocycles. The molecule has 3 rings (SSSR count). The number of rotatable bonds is 3. The van der Waals surface area contributed by atoms with Crippen LogP contribution in [-0.2, 0) is 4.74 Å². The molecule has 5 heteroatoms. The van der Waals surface area contributed by atoms with E-state index in [0.29, 0.717) is 24.3 Å². The molecule has 1 N–H and O–H groups in total. The Kier molecular flexibility index (Phi) is 4.34. The minimum Gasteiger partial charge on any atom is -0.496 e. The van der Waals surface area contributed by atoms with Gasteiger partial charge in [-0.1, -0.05) is 12.1 Å². The second-order valence-corrected chi connectivity index (χ2v) is 6.61. The van der Waals surface area contributed by atoms with E-state index < -0.39 is 0 Å². The van der Waals surface area contributed by atoms with Crippen LogP contribution in [0, 0.1) is 6.92 Å². The molecular weight excluding hydrogens is 294 g/mol. The second-order valence-electron chi connectivity index (χ2n) is 6.61. The highest BCUT2D eigenvalue weighted by molar-refractivity contribution is 5.98. The highest BCUT2D eigenvalue weighted by Crippen LogP contribution is 2.43. The van der Waals surface area contributed by atoms with E-state index in [0.717, 1.165) is 24.8 Å². The van der Waals surface area contributed by atoms with Gasteiger partial charge >= 0.3 is 0 Å². The van der Waals surface area contributed by atoms with E-state index in [1.54, 1.807) is 14.2 Å². The van der Waals surface area contributed by atoms with Crippen LogP contribution in [-0.4, -0.2) is 54.4 Å². The van der Waals surface area contributed by atoms with Crippen molar-refractivity contribution in [1.82, 2.24) is 4.90 Å². The zero-order valence-corrected chi connectivity index (χ0v) is 14.0. The fourth-order valence-corrected chi connectivity index (χ4v) is 4.15. The van der Waals surface area contributed by atoms with Crippen molar-refractivity contribution in [3.05, 3.63) is 29.3 Å². The van der Waals surface area contributed by atoms with Gasteiger partial charge in [0.1, 0.15) is 5.75 Å². The predicted octanol–water partition coefficient (Wildman–Crippen LogP) is 2.15. The lowest BCUT2D eigenvalue weighted by molar-refractivity contribution is -0.0824. The lowest BCUT2D eigenvalue weighted by Gasteiger charge is -2.42. The highest BCUT2D eigenvalue weighted by atomic mass is 16.5. The van der Waals surface area contributed by atoms with Crippen molar-refractivity contribution in [2.24, 2.45) is 0 Å². The molecule has 1 saturated carbocycles. The summed E-state index contributed by atoms with van der Waals surface area (Å²) >= 11 is 0. The first-order valence-corrected chi connectivity index (χ1v) is 8.20. The molecule has 1 amide bonds. The van der Waals surface area contributed by atoms with Gasteiger partial charge in [-0.15, -0.1) is 0 Å². The molecule has 0 spiro atoms. The second kappa shape index (κ2) is 6.13. The number of carbonyl (C=O) groups is 1. The molecule has 0 aromatic heterocycles. The average Bonchev–Trinajstić information content (AvgIpc) is 2.93. The first-order valence-electron chi connectivity index (χ1n) is 8.20. The van der Waals surface area contributed by atoms with E-state index in [9.17, 15) is 9.90 Å². The van der Waals surface area contributed by atoms with Gasteiger partial charge in [0.2, 0.25) is 0 Å². The average molecular weight is 319 g/mol. The fourth-order valence-electron chi connectivity index (χ4n) is 4.15. The minimum atomic E-state index is -0.365. The molecule has 2 unspecified atom stereocenters. The van der Waals surface area contributed by atoms with Crippen LogP contribution in [0.3, 0.4) is 0 Å². The summed E-state index contributed by atoms with van der Waals surface area (Å²) in [5.74, 6) is 0.569. The SMILES string of the molecule is COc1cccc(C)c1C(=O)N1CC[C@]2(OC)CCC(O)CC12. The number of aliphatic hydroxyl groups excluding tert-OH is 1. The van der Waals surface area contributed by atoms with Crippen LogP contribution < -0.4 is 4.74 Å². The number of carbonyl (C=O) groups excluding carboxylic acids is 1. The molecule has 2 fully saturated rings. The number of methoxy groups -OCH3 is 2. The summed E-state index contributed by atoms with van der Waals surface area (Å²) < 4.78 is 11.2. The Morgan fingerprint density at radius 1 is 1.35 bits per heavy atom. The molecule has 1 aliphatic carbocycles. The molecule has 2 aliphatic rings. The summed E-state index contributed by atoms with van der Waals surface area (Å²) in [5, 5.41) is 10.1. The Labute approximate surface area is 137 Å². The van der Waals surface area contributed by atoms with E-state index in [1.807, 2.05) is 30.0 Å². The van der Waals surface area contributed by atoms with Gasteiger partial charge in [-0.05, 0) is 44.2 Å². The van der Waals surface area contributed by atoms with Gasteiger partial charge in [-0.2, -0.15) is 0 Å². The first-order chi connectivity index (χ1) is 11.0. The number of likely N-dealkylation sites (tertiary alicyclic amines) is 1. The summed E-state index contributed by atoms with van der Waals surface area (Å²) in [6, 6.07) is 5.55. The first kappa shape index (κ1) is 16.3. The predicted molar refractivity (Wildman–Crippen MR) is 86.8 cm³/mol. The zero-order chi connectivity index (χ0) is 16.6. The van der Waals surface area contributed by atoms with Crippen molar-refractivity contribution >= 4 is 5.91 Å². The largest absolute Gasteiger partial charge is 0.496 e. The van der Waals surface area contributed by atoms with E-state index in [2.05, 4.69) is 0 Å². The van der Waals surface area contributed by atoms with Crippen molar-refractivity contribution in [3.8, 4) is 5.75 Å². The van der Waals surface area contributed by atoms with Crippen LogP contribution in [0.15, 0.2) is 18.2 Å². The molecular formula is C18H25NO4. The van der Waals surface area contributed by atoms with Crippen LogP contribution in [0.1, 0.15) is 41.6 Å². The van der Waals surface area contributed by atoms with E-state index in [4.69, 9.17) is 9.47 Å².